The third kappa shape index (κ3) is 6.96. The summed E-state index contributed by atoms with van der Waals surface area (Å²) in [6.45, 7) is 0. The summed E-state index contributed by atoms with van der Waals surface area (Å²) >= 11 is 6.36. The first-order valence-electron chi connectivity index (χ1n) is 8.52. The Balaban J connectivity index is 1.87. The number of methoxy groups -OCH3 is 2. The lowest BCUT2D eigenvalue weighted by atomic mass is 10.2. The van der Waals surface area contributed by atoms with Crippen molar-refractivity contribution in [3.05, 3.63) is 44.3 Å². The lowest BCUT2D eigenvalue weighted by molar-refractivity contribution is -0.129. The Hall–Kier alpha value is -3.12. The molecular weight excluding hydrogens is 540 g/mol. The van der Waals surface area contributed by atoms with Gasteiger partial charge in [0.1, 0.15) is 6.42 Å². The number of hydrazone groups is 2. The summed E-state index contributed by atoms with van der Waals surface area (Å²) in [4.78, 5) is 23.6. The molecule has 0 radical (unpaired) electrons. The molecule has 2 aromatic rings. The van der Waals surface area contributed by atoms with Gasteiger partial charge in [-0.25, -0.2) is 10.9 Å². The van der Waals surface area contributed by atoms with Gasteiger partial charge in [0.15, 0.2) is 23.0 Å². The summed E-state index contributed by atoms with van der Waals surface area (Å²) in [5.74, 6) is -0.945. The van der Waals surface area contributed by atoms with E-state index in [-0.39, 0.29) is 23.0 Å². The lowest BCUT2D eigenvalue weighted by Gasteiger charge is -2.06. The van der Waals surface area contributed by atoms with E-state index in [1.807, 2.05) is 0 Å². The van der Waals surface area contributed by atoms with Crippen LogP contribution in [-0.4, -0.2) is 48.7 Å². The third-order valence-electron chi connectivity index (χ3n) is 3.67. The van der Waals surface area contributed by atoms with Crippen molar-refractivity contribution in [3.63, 3.8) is 0 Å². The zero-order valence-corrected chi connectivity index (χ0v) is 19.5. The number of carbonyl (C=O) groups is 2. The molecule has 31 heavy (non-hydrogen) atoms. The fourth-order valence-corrected chi connectivity index (χ4v) is 3.15. The predicted octanol–water partition coefficient (Wildman–Crippen LogP) is 2.63. The maximum absolute atomic E-state index is 11.8. The number of hydrogen-bond acceptors (Lipinski definition) is 8. The Labute approximate surface area is 194 Å². The zero-order valence-electron chi connectivity index (χ0n) is 16.3. The maximum Gasteiger partial charge on any atom is 0.249 e. The Morgan fingerprint density at radius 3 is 1.61 bits per heavy atom. The topological polar surface area (TPSA) is 142 Å². The monoisotopic (exact) mass is 556 g/mol. The third-order valence-corrected chi connectivity index (χ3v) is 4.88. The predicted molar refractivity (Wildman–Crippen MR) is 121 cm³/mol. The summed E-state index contributed by atoms with van der Waals surface area (Å²) in [6, 6.07) is 6.19. The van der Waals surface area contributed by atoms with Crippen molar-refractivity contribution in [2.75, 3.05) is 14.2 Å². The molecule has 0 saturated heterocycles. The average molecular weight is 558 g/mol. The minimum Gasteiger partial charge on any atom is -0.503 e. The fraction of sp³-hybridized carbons (Fsp3) is 0.158. The van der Waals surface area contributed by atoms with Crippen LogP contribution in [0.3, 0.4) is 0 Å². The number of nitrogens with one attached hydrogen (secondary N) is 2. The van der Waals surface area contributed by atoms with Gasteiger partial charge < -0.3 is 19.7 Å². The van der Waals surface area contributed by atoms with Gasteiger partial charge in [0, 0.05) is 0 Å². The molecule has 0 fully saturated rings. The van der Waals surface area contributed by atoms with Crippen LogP contribution in [0, 0.1) is 0 Å². The van der Waals surface area contributed by atoms with E-state index >= 15 is 0 Å². The number of amides is 2. The number of carbonyl (C=O) groups excluding carboxylic acids is 2. The summed E-state index contributed by atoms with van der Waals surface area (Å²) < 4.78 is 10.8. The van der Waals surface area contributed by atoms with Gasteiger partial charge in [0.05, 0.1) is 35.6 Å². The van der Waals surface area contributed by atoms with Crippen molar-refractivity contribution in [2.45, 2.75) is 6.42 Å². The number of phenolic OH excluding ortho intramolecular Hbond substituents is 2. The molecule has 2 rings (SSSR count). The molecule has 0 atom stereocenters. The van der Waals surface area contributed by atoms with Crippen LogP contribution in [0.25, 0.3) is 0 Å². The summed E-state index contributed by atoms with van der Waals surface area (Å²) in [5.41, 5.74) is 5.53. The van der Waals surface area contributed by atoms with Crippen LogP contribution in [0.4, 0.5) is 0 Å². The first kappa shape index (κ1) is 24.2. The van der Waals surface area contributed by atoms with Crippen LogP contribution in [0.15, 0.2) is 43.4 Å². The summed E-state index contributed by atoms with van der Waals surface area (Å²) in [5, 5.41) is 27.1. The van der Waals surface area contributed by atoms with E-state index in [2.05, 4.69) is 52.9 Å². The van der Waals surface area contributed by atoms with Crippen LogP contribution in [0.1, 0.15) is 17.5 Å². The molecule has 0 aliphatic rings. The van der Waals surface area contributed by atoms with Gasteiger partial charge >= 0.3 is 0 Å². The number of benzene rings is 2. The molecule has 0 aliphatic carbocycles. The number of rotatable bonds is 8. The summed E-state index contributed by atoms with van der Waals surface area (Å²) in [7, 11) is 2.81. The quantitative estimate of drug-likeness (QED) is 0.223. The fourth-order valence-electron chi connectivity index (χ4n) is 2.23. The normalized spacial score (nSPS) is 11.0. The lowest BCUT2D eigenvalue weighted by Crippen LogP contribution is -2.27. The number of phenols is 2. The Morgan fingerprint density at radius 1 is 0.871 bits per heavy atom. The number of ether oxygens (including phenoxy) is 2. The van der Waals surface area contributed by atoms with Gasteiger partial charge in [-0.15, -0.1) is 0 Å². The Kier molecular flexibility index (Phi) is 8.82. The zero-order chi connectivity index (χ0) is 23.0. The molecule has 2 aromatic carbocycles. The molecule has 0 saturated carbocycles. The van der Waals surface area contributed by atoms with Crippen molar-refractivity contribution in [1.82, 2.24) is 10.9 Å². The smallest absolute Gasteiger partial charge is 0.249 e. The van der Waals surface area contributed by atoms with Gasteiger partial charge in [-0.05, 0) is 67.3 Å². The first-order chi connectivity index (χ1) is 14.7. The minimum atomic E-state index is -0.650. The maximum atomic E-state index is 11.8. The molecule has 0 heterocycles. The highest BCUT2D eigenvalue weighted by Crippen LogP contribution is 2.35. The van der Waals surface area contributed by atoms with Gasteiger partial charge in [-0.3, -0.25) is 9.59 Å². The van der Waals surface area contributed by atoms with Crippen LogP contribution in [-0.2, 0) is 9.59 Å². The minimum absolute atomic E-state index is 0.0565. The van der Waals surface area contributed by atoms with E-state index in [9.17, 15) is 19.8 Å². The van der Waals surface area contributed by atoms with E-state index in [1.165, 1.54) is 38.8 Å². The van der Waals surface area contributed by atoms with Crippen LogP contribution in [0.2, 0.25) is 0 Å². The average Bonchev–Trinajstić information content (AvgIpc) is 2.72. The van der Waals surface area contributed by atoms with E-state index < -0.39 is 18.2 Å². The van der Waals surface area contributed by atoms with Crippen molar-refractivity contribution < 1.29 is 29.3 Å². The van der Waals surface area contributed by atoms with E-state index in [0.29, 0.717) is 20.1 Å². The molecule has 2 amide bonds. The molecule has 164 valence electrons. The first-order valence-corrected chi connectivity index (χ1v) is 10.1. The molecule has 0 spiro atoms. The number of nitrogens with zero attached hydrogens (tertiary/aromatic N) is 2. The number of hydrogen-bond donors (Lipinski definition) is 4. The molecule has 0 bridgehead atoms. The molecule has 12 heteroatoms. The standard InChI is InChI=1S/C19H18Br2N4O6/c1-30-14-5-10(3-12(20)18(14)28)8-22-24-16(26)7-17(27)25-23-9-11-4-13(21)19(29)15(6-11)31-2/h3-6,8-9,28-29H,7H2,1-2H3,(H,24,26)(H,25,27)/b22-8+,23-9+. The number of aromatic hydroxyl groups is 2. The van der Waals surface area contributed by atoms with E-state index in [0.717, 1.165) is 0 Å². The van der Waals surface area contributed by atoms with Gasteiger partial charge in [-0.1, -0.05) is 0 Å². The second-order valence-corrected chi connectivity index (χ2v) is 7.58. The van der Waals surface area contributed by atoms with Crippen molar-refractivity contribution in [1.29, 1.82) is 0 Å². The molecule has 4 N–H and O–H groups in total. The largest absolute Gasteiger partial charge is 0.503 e. The van der Waals surface area contributed by atoms with Gasteiger partial charge in [0.25, 0.3) is 0 Å². The molecule has 0 aromatic heterocycles. The van der Waals surface area contributed by atoms with E-state index in [4.69, 9.17) is 9.47 Å². The second-order valence-electron chi connectivity index (χ2n) is 5.87. The second kappa shape index (κ2) is 11.3. The van der Waals surface area contributed by atoms with E-state index in [1.54, 1.807) is 12.1 Å². The Morgan fingerprint density at radius 2 is 1.26 bits per heavy atom. The molecule has 0 unspecified atom stereocenters. The molecule has 10 nitrogen and oxygen atoms in total. The van der Waals surface area contributed by atoms with Crippen LogP contribution in [0.5, 0.6) is 23.0 Å². The van der Waals surface area contributed by atoms with Crippen LogP contribution >= 0.6 is 31.9 Å². The highest BCUT2D eigenvalue weighted by molar-refractivity contribution is 9.10. The number of halogens is 2. The van der Waals surface area contributed by atoms with Crippen molar-refractivity contribution in [2.24, 2.45) is 10.2 Å². The van der Waals surface area contributed by atoms with Gasteiger partial charge in [0.2, 0.25) is 11.8 Å². The highest BCUT2D eigenvalue weighted by atomic mass is 79.9. The van der Waals surface area contributed by atoms with Crippen molar-refractivity contribution in [3.8, 4) is 23.0 Å². The SMILES string of the molecule is COc1cc(/C=N/NC(=O)CC(=O)N/N=C/c2cc(Br)c(O)c(OC)c2)cc(Br)c1O. The highest BCUT2D eigenvalue weighted by Gasteiger charge is 2.10. The van der Waals surface area contributed by atoms with Gasteiger partial charge in [-0.2, -0.15) is 10.2 Å². The Bertz CT molecular complexity index is 961. The van der Waals surface area contributed by atoms with Crippen molar-refractivity contribution >= 4 is 56.1 Å². The molecular formula is C19H18Br2N4O6. The summed E-state index contributed by atoms with van der Waals surface area (Å²) in [6.07, 6.45) is 2.16. The van der Waals surface area contributed by atoms with Crippen LogP contribution < -0.4 is 20.3 Å². The molecule has 0 aliphatic heterocycles.